The van der Waals surface area contributed by atoms with Gasteiger partial charge in [-0.05, 0) is 209 Å². The Bertz CT molecular complexity index is 6800. The molecule has 3 aliphatic rings. The van der Waals surface area contributed by atoms with Gasteiger partial charge in [0.05, 0.1) is 44.5 Å². The standard InChI is InChI=1S/C103H73N5/c1-101(2)86-31-13-7-25-74(86)77-47-44-71(58-89(77)101)106-94-34-16-10-28-80(94)83-55-66(41-50-97(83)106)62-37-39-63(40-38-62)92-61-93(69-23-19-21-64(53-69)67-42-51-98-84(56-67)81-29-11-17-35-95(81)107(98)72-45-48-78-75-26-8-14-32-87(75)102(3,4)90(78)59-72)105-100(104-92)70-24-20-22-65(54-70)68-43-52-99-85(57-68)82-30-12-18-36-96(82)108(99)73-46-49-79-76-27-9-15-33-88(76)103(5,6)91(79)60-73/h7-61H,1-6H3. The Morgan fingerprint density at radius 1 is 0.194 bits per heavy atom. The van der Waals surface area contributed by atoms with Crippen LogP contribution in [0.25, 0.3) is 183 Å². The van der Waals surface area contributed by atoms with Crippen molar-refractivity contribution in [1.29, 1.82) is 0 Å². The van der Waals surface area contributed by atoms with E-state index in [1.807, 2.05) is 0 Å². The van der Waals surface area contributed by atoms with Crippen molar-refractivity contribution in [2.75, 3.05) is 0 Å². The van der Waals surface area contributed by atoms with Crippen LogP contribution in [0.1, 0.15) is 74.9 Å². The number of rotatable bonds is 9. The van der Waals surface area contributed by atoms with Gasteiger partial charge in [0.25, 0.3) is 0 Å². The molecule has 0 atom stereocenters. The Morgan fingerprint density at radius 3 is 0.907 bits per heavy atom. The molecule has 0 radical (unpaired) electrons. The first kappa shape index (κ1) is 62.2. The molecule has 108 heavy (non-hydrogen) atoms. The van der Waals surface area contributed by atoms with Crippen LogP contribution in [0, 0.1) is 0 Å². The van der Waals surface area contributed by atoms with Crippen molar-refractivity contribution in [2.24, 2.45) is 0 Å². The normalized spacial score (nSPS) is 14.1. The first-order valence-corrected chi connectivity index (χ1v) is 37.8. The summed E-state index contributed by atoms with van der Waals surface area (Å²) < 4.78 is 7.36. The van der Waals surface area contributed by atoms with Crippen molar-refractivity contribution in [2.45, 2.75) is 57.8 Å². The van der Waals surface area contributed by atoms with Crippen LogP contribution in [0.5, 0.6) is 0 Å². The van der Waals surface area contributed by atoms with Gasteiger partial charge in [-0.3, -0.25) is 0 Å². The van der Waals surface area contributed by atoms with Crippen LogP contribution in [-0.4, -0.2) is 23.7 Å². The van der Waals surface area contributed by atoms with Gasteiger partial charge < -0.3 is 13.7 Å². The molecule has 4 heterocycles. The molecule has 5 heteroatoms. The predicted molar refractivity (Wildman–Crippen MR) is 450 cm³/mol. The highest BCUT2D eigenvalue weighted by atomic mass is 15.0. The molecule has 0 saturated carbocycles. The molecule has 0 N–H and O–H groups in total. The van der Waals surface area contributed by atoms with E-state index in [0.717, 1.165) is 61.5 Å². The van der Waals surface area contributed by atoms with Gasteiger partial charge in [-0.1, -0.05) is 266 Å². The van der Waals surface area contributed by atoms with Crippen molar-refractivity contribution >= 4 is 65.4 Å². The fourth-order valence-corrected chi connectivity index (χ4v) is 19.2. The third-order valence-electron chi connectivity index (χ3n) is 24.7. The molecule has 15 aromatic carbocycles. The zero-order valence-corrected chi connectivity index (χ0v) is 61.0. The van der Waals surface area contributed by atoms with Crippen LogP contribution in [0.15, 0.2) is 334 Å². The first-order valence-electron chi connectivity index (χ1n) is 37.8. The SMILES string of the molecule is CC1(C)c2ccccc2-c2ccc(-n3c4ccccc4c4cc(-c5ccc(-c6cc(-c7cccc(-c8ccc9c(c8)c8ccccc8n9-c8ccc9c(c8)C(C)(C)c8ccccc8-9)c7)nc(-c7cccc(-c8ccc9c(c8)c8ccccc8n9-c8ccc9c(c8)C(C)(C)c8ccccc8-9)c7)n6)cc5)ccc43)cc21. The van der Waals surface area contributed by atoms with E-state index in [1.54, 1.807) is 0 Å². The smallest absolute Gasteiger partial charge is 0.160 e. The van der Waals surface area contributed by atoms with E-state index in [1.165, 1.54) is 149 Å². The highest BCUT2D eigenvalue weighted by Gasteiger charge is 2.39. The maximum absolute atomic E-state index is 5.58. The van der Waals surface area contributed by atoms with Gasteiger partial charge in [0, 0.05) is 82.3 Å². The van der Waals surface area contributed by atoms with Crippen LogP contribution >= 0.6 is 0 Å². The quantitative estimate of drug-likeness (QED) is 0.144. The molecule has 4 aromatic heterocycles. The van der Waals surface area contributed by atoms with E-state index in [9.17, 15) is 0 Å². The van der Waals surface area contributed by atoms with E-state index < -0.39 is 0 Å². The summed E-state index contributed by atoms with van der Waals surface area (Å²) in [6.45, 7) is 14.2. The summed E-state index contributed by atoms with van der Waals surface area (Å²) in [7, 11) is 0. The maximum Gasteiger partial charge on any atom is 0.160 e. The summed E-state index contributed by atoms with van der Waals surface area (Å²) in [6.07, 6.45) is 0. The predicted octanol–water partition coefficient (Wildman–Crippen LogP) is 26.7. The number of hydrogen-bond donors (Lipinski definition) is 0. The molecule has 0 unspecified atom stereocenters. The molecule has 0 bridgehead atoms. The molecule has 510 valence electrons. The molecule has 3 aliphatic carbocycles. The number of aromatic nitrogens is 5. The second-order valence-corrected chi connectivity index (χ2v) is 31.7. The fourth-order valence-electron chi connectivity index (χ4n) is 19.2. The molecule has 5 nitrogen and oxygen atoms in total. The van der Waals surface area contributed by atoms with Gasteiger partial charge in [0.2, 0.25) is 0 Å². The van der Waals surface area contributed by atoms with Gasteiger partial charge in [-0.25, -0.2) is 9.97 Å². The van der Waals surface area contributed by atoms with Gasteiger partial charge in [-0.2, -0.15) is 0 Å². The molecule has 0 saturated heterocycles. The lowest BCUT2D eigenvalue weighted by Crippen LogP contribution is -2.15. The third-order valence-corrected chi connectivity index (χ3v) is 24.7. The molecule has 19 aromatic rings. The lowest BCUT2D eigenvalue weighted by molar-refractivity contribution is 0.660. The summed E-state index contributed by atoms with van der Waals surface area (Å²) in [6, 6.07) is 124. The number of hydrogen-bond acceptors (Lipinski definition) is 2. The Kier molecular flexibility index (Phi) is 13.2. The summed E-state index contributed by atoms with van der Waals surface area (Å²) in [5.41, 5.74) is 37.8. The van der Waals surface area contributed by atoms with E-state index >= 15 is 0 Å². The highest BCUT2D eigenvalue weighted by Crippen LogP contribution is 2.54. The van der Waals surface area contributed by atoms with Crippen LogP contribution in [0.2, 0.25) is 0 Å². The van der Waals surface area contributed by atoms with Gasteiger partial charge in [0.15, 0.2) is 5.82 Å². The number of para-hydroxylation sites is 3. The van der Waals surface area contributed by atoms with Crippen molar-refractivity contribution in [1.82, 2.24) is 23.7 Å². The largest absolute Gasteiger partial charge is 0.309 e. The number of fused-ring (bicyclic) bond motifs is 18. The number of benzene rings is 15. The minimum atomic E-state index is -0.117. The second-order valence-electron chi connectivity index (χ2n) is 31.7. The zero-order chi connectivity index (χ0) is 72.1. The number of nitrogens with zero attached hydrogens (tertiary/aromatic N) is 5. The van der Waals surface area contributed by atoms with E-state index in [4.69, 9.17) is 9.97 Å². The lowest BCUT2D eigenvalue weighted by Gasteiger charge is -2.22. The average Bonchev–Trinajstić information content (AvgIpc) is 1.56. The van der Waals surface area contributed by atoms with E-state index in [0.29, 0.717) is 5.82 Å². The van der Waals surface area contributed by atoms with Crippen LogP contribution in [0.3, 0.4) is 0 Å². The van der Waals surface area contributed by atoms with E-state index in [2.05, 4.69) is 389 Å². The van der Waals surface area contributed by atoms with Crippen molar-refractivity contribution < 1.29 is 0 Å². The lowest BCUT2D eigenvalue weighted by atomic mass is 9.82. The summed E-state index contributed by atoms with van der Waals surface area (Å²) in [4.78, 5) is 11.1. The first-order chi connectivity index (χ1) is 52.8. The zero-order valence-electron chi connectivity index (χ0n) is 61.0. The van der Waals surface area contributed by atoms with E-state index in [-0.39, 0.29) is 16.2 Å². The Hall–Kier alpha value is -13.2. The Morgan fingerprint density at radius 2 is 0.491 bits per heavy atom. The van der Waals surface area contributed by atoms with Crippen molar-refractivity contribution in [3.63, 3.8) is 0 Å². The molecule has 0 aliphatic heterocycles. The van der Waals surface area contributed by atoms with Crippen LogP contribution in [-0.2, 0) is 16.2 Å². The molecular formula is C103H73N5. The van der Waals surface area contributed by atoms with Crippen molar-refractivity contribution in [3.05, 3.63) is 367 Å². The minimum Gasteiger partial charge on any atom is -0.309 e. The minimum absolute atomic E-state index is 0.108. The topological polar surface area (TPSA) is 40.6 Å². The van der Waals surface area contributed by atoms with Crippen LogP contribution < -0.4 is 0 Å². The summed E-state index contributed by atoms with van der Waals surface area (Å²) in [5.74, 6) is 0.657. The highest BCUT2D eigenvalue weighted by molar-refractivity contribution is 6.13. The molecule has 22 rings (SSSR count). The Labute approximate surface area is 627 Å². The van der Waals surface area contributed by atoms with Gasteiger partial charge in [-0.15, -0.1) is 0 Å². The monoisotopic (exact) mass is 1380 g/mol. The molecule has 0 fully saturated rings. The summed E-state index contributed by atoms with van der Waals surface area (Å²) in [5, 5.41) is 7.31. The Balaban J connectivity index is 0.644. The second kappa shape index (κ2) is 22.9. The maximum atomic E-state index is 5.58. The third kappa shape index (κ3) is 9.12. The average molecular weight is 1380 g/mol. The van der Waals surface area contributed by atoms with Crippen LogP contribution in [0.4, 0.5) is 0 Å². The molecule has 0 spiro atoms. The van der Waals surface area contributed by atoms with Gasteiger partial charge >= 0.3 is 0 Å². The van der Waals surface area contributed by atoms with Crippen molar-refractivity contribution in [3.8, 4) is 118 Å². The fraction of sp³-hybridized carbons (Fsp3) is 0.0874. The summed E-state index contributed by atoms with van der Waals surface area (Å²) >= 11 is 0. The molecular weight excluding hydrogens is 1310 g/mol. The molecule has 0 amide bonds. The van der Waals surface area contributed by atoms with Gasteiger partial charge in [0.1, 0.15) is 0 Å².